The Hall–Kier alpha value is -4.33. The molecule has 152 valence electrons. The molecule has 0 aliphatic rings. The van der Waals surface area contributed by atoms with Crippen molar-refractivity contribution in [2.75, 3.05) is 17.7 Å². The second kappa shape index (κ2) is 8.78. The van der Waals surface area contributed by atoms with Crippen LogP contribution in [0.2, 0.25) is 0 Å². The number of rotatable bonds is 6. The number of carboxylic acids is 1. The zero-order valence-corrected chi connectivity index (χ0v) is 15.9. The molecule has 4 N–H and O–H groups in total. The highest BCUT2D eigenvalue weighted by molar-refractivity contribution is 6.10. The number of ether oxygens (including phenoxy) is 1. The van der Waals surface area contributed by atoms with E-state index < -0.39 is 17.8 Å². The van der Waals surface area contributed by atoms with Crippen LogP contribution in [0.3, 0.4) is 0 Å². The van der Waals surface area contributed by atoms with Crippen molar-refractivity contribution in [3.05, 3.63) is 83.4 Å². The maximum absolute atomic E-state index is 12.7. The molecule has 3 aromatic rings. The maximum atomic E-state index is 12.7. The molecule has 0 saturated carbocycles. The number of aromatic carboxylic acids is 1. The zero-order chi connectivity index (χ0) is 21.7. The van der Waals surface area contributed by atoms with Crippen molar-refractivity contribution < 1.29 is 29.3 Å². The van der Waals surface area contributed by atoms with Crippen LogP contribution in [0.5, 0.6) is 11.5 Å². The smallest absolute Gasteiger partial charge is 0.337 e. The molecule has 3 aromatic carbocycles. The lowest BCUT2D eigenvalue weighted by atomic mass is 10.1. The third kappa shape index (κ3) is 4.39. The molecule has 0 heterocycles. The first-order chi connectivity index (χ1) is 14.4. The molecular weight excluding hydrogens is 388 g/mol. The predicted octanol–water partition coefficient (Wildman–Crippen LogP) is 3.60. The van der Waals surface area contributed by atoms with Crippen molar-refractivity contribution in [2.24, 2.45) is 0 Å². The fourth-order valence-corrected chi connectivity index (χ4v) is 2.80. The lowest BCUT2D eigenvalue weighted by Gasteiger charge is -2.13. The van der Waals surface area contributed by atoms with Crippen molar-refractivity contribution in [2.45, 2.75) is 0 Å². The highest BCUT2D eigenvalue weighted by Crippen LogP contribution is 2.25. The summed E-state index contributed by atoms with van der Waals surface area (Å²) in [6, 6.07) is 16.5. The Labute approximate surface area is 171 Å². The highest BCUT2D eigenvalue weighted by atomic mass is 16.5. The number of aromatic hydroxyl groups is 1. The lowest BCUT2D eigenvalue weighted by Crippen LogP contribution is -2.17. The van der Waals surface area contributed by atoms with E-state index in [1.807, 2.05) is 0 Å². The number of benzene rings is 3. The van der Waals surface area contributed by atoms with Gasteiger partial charge in [0.15, 0.2) is 0 Å². The Morgan fingerprint density at radius 3 is 2.10 bits per heavy atom. The number of phenolic OH excluding ortho intramolecular Hbond substituents is 1. The maximum Gasteiger partial charge on any atom is 0.337 e. The van der Waals surface area contributed by atoms with Gasteiger partial charge in [0, 0.05) is 5.69 Å². The van der Waals surface area contributed by atoms with Gasteiger partial charge in [-0.05, 0) is 42.5 Å². The van der Waals surface area contributed by atoms with Gasteiger partial charge in [0.05, 0.1) is 29.5 Å². The van der Waals surface area contributed by atoms with E-state index in [4.69, 9.17) is 4.74 Å². The fraction of sp³-hybridized carbons (Fsp3) is 0.0455. The summed E-state index contributed by atoms with van der Waals surface area (Å²) in [6.07, 6.45) is 0. The van der Waals surface area contributed by atoms with Gasteiger partial charge in [-0.1, -0.05) is 24.3 Å². The number of amides is 2. The van der Waals surface area contributed by atoms with Crippen LogP contribution in [0.15, 0.2) is 66.7 Å². The van der Waals surface area contributed by atoms with Crippen LogP contribution < -0.4 is 15.4 Å². The first-order valence-corrected chi connectivity index (χ1v) is 8.81. The van der Waals surface area contributed by atoms with Crippen LogP contribution in [0.1, 0.15) is 31.1 Å². The standard InChI is InChI=1S/C22H18N2O6/c1-30-19-9-5-3-7-16(19)21(27)24-17-12-13(10-11-14(17)22(28)29)23-20(26)15-6-2-4-8-18(15)25/h2-12,25H,1H3,(H,23,26)(H,24,27)(H,28,29). The number of carboxylic acid groups (broad SMARTS) is 1. The van der Waals surface area contributed by atoms with E-state index in [2.05, 4.69) is 10.6 Å². The average Bonchev–Trinajstić information content (AvgIpc) is 2.73. The van der Waals surface area contributed by atoms with Crippen molar-refractivity contribution in [1.82, 2.24) is 0 Å². The molecule has 0 bridgehead atoms. The Morgan fingerprint density at radius 2 is 1.43 bits per heavy atom. The van der Waals surface area contributed by atoms with Crippen LogP contribution in [0.4, 0.5) is 11.4 Å². The number of methoxy groups -OCH3 is 1. The summed E-state index contributed by atoms with van der Waals surface area (Å²) in [5.41, 5.74) is 0.357. The van der Waals surface area contributed by atoms with Gasteiger partial charge >= 0.3 is 5.97 Å². The van der Waals surface area contributed by atoms with Crippen LogP contribution in [0, 0.1) is 0 Å². The second-order valence-corrected chi connectivity index (χ2v) is 6.19. The summed E-state index contributed by atoms with van der Waals surface area (Å²) in [4.78, 5) is 36.6. The molecule has 0 aliphatic carbocycles. The molecule has 8 nitrogen and oxygen atoms in total. The topological polar surface area (TPSA) is 125 Å². The van der Waals surface area contributed by atoms with Crippen molar-refractivity contribution in [1.29, 1.82) is 0 Å². The predicted molar refractivity (Wildman–Crippen MR) is 110 cm³/mol. The number of nitrogens with one attached hydrogen (secondary N) is 2. The molecule has 0 saturated heterocycles. The summed E-state index contributed by atoms with van der Waals surface area (Å²) >= 11 is 0. The fourth-order valence-electron chi connectivity index (χ4n) is 2.80. The summed E-state index contributed by atoms with van der Waals surface area (Å²) in [7, 11) is 1.42. The summed E-state index contributed by atoms with van der Waals surface area (Å²) in [5, 5.41) is 24.4. The van der Waals surface area contributed by atoms with E-state index in [0.717, 1.165) is 0 Å². The van der Waals surface area contributed by atoms with Gasteiger partial charge < -0.3 is 25.6 Å². The number of anilines is 2. The minimum absolute atomic E-state index is 0.00603. The van der Waals surface area contributed by atoms with E-state index in [0.29, 0.717) is 5.75 Å². The molecule has 0 unspecified atom stereocenters. The van der Waals surface area contributed by atoms with Crippen molar-refractivity contribution in [3.63, 3.8) is 0 Å². The largest absolute Gasteiger partial charge is 0.507 e. The Balaban J connectivity index is 1.90. The van der Waals surface area contributed by atoms with Crippen LogP contribution in [-0.2, 0) is 0 Å². The average molecular weight is 406 g/mol. The number of hydrogen-bond acceptors (Lipinski definition) is 5. The summed E-state index contributed by atoms with van der Waals surface area (Å²) in [5.74, 6) is -2.26. The number of para-hydroxylation sites is 2. The molecule has 0 spiro atoms. The third-order valence-corrected chi connectivity index (χ3v) is 4.26. The highest BCUT2D eigenvalue weighted by Gasteiger charge is 2.18. The van der Waals surface area contributed by atoms with Gasteiger partial charge in [0.2, 0.25) is 0 Å². The lowest BCUT2D eigenvalue weighted by molar-refractivity contribution is 0.0698. The molecular formula is C22H18N2O6. The van der Waals surface area contributed by atoms with E-state index in [9.17, 15) is 24.6 Å². The Kier molecular flexibility index (Phi) is 5.97. The molecule has 2 amide bonds. The zero-order valence-electron chi connectivity index (χ0n) is 15.9. The molecule has 0 aromatic heterocycles. The first kappa shape index (κ1) is 20.4. The molecule has 0 fully saturated rings. The second-order valence-electron chi connectivity index (χ2n) is 6.19. The molecule has 3 rings (SSSR count). The van der Waals surface area contributed by atoms with Gasteiger partial charge in [0.25, 0.3) is 11.8 Å². The van der Waals surface area contributed by atoms with E-state index in [-0.39, 0.29) is 33.8 Å². The van der Waals surface area contributed by atoms with Gasteiger partial charge in [-0.3, -0.25) is 9.59 Å². The number of carbonyl (C=O) groups is 3. The van der Waals surface area contributed by atoms with Crippen LogP contribution in [0.25, 0.3) is 0 Å². The quantitative estimate of drug-likeness (QED) is 0.496. The van der Waals surface area contributed by atoms with Gasteiger partial charge in [-0.15, -0.1) is 0 Å². The Morgan fingerprint density at radius 1 is 0.800 bits per heavy atom. The molecule has 30 heavy (non-hydrogen) atoms. The van der Waals surface area contributed by atoms with Gasteiger partial charge in [-0.25, -0.2) is 4.79 Å². The first-order valence-electron chi connectivity index (χ1n) is 8.81. The monoisotopic (exact) mass is 406 g/mol. The Bertz CT molecular complexity index is 1130. The van der Waals surface area contributed by atoms with Crippen LogP contribution >= 0.6 is 0 Å². The van der Waals surface area contributed by atoms with Crippen molar-refractivity contribution >= 4 is 29.2 Å². The molecule has 0 atom stereocenters. The number of carbonyl (C=O) groups excluding carboxylic acids is 2. The van der Waals surface area contributed by atoms with Gasteiger partial charge in [-0.2, -0.15) is 0 Å². The van der Waals surface area contributed by atoms with Crippen molar-refractivity contribution in [3.8, 4) is 11.5 Å². The van der Waals surface area contributed by atoms with E-state index in [1.54, 1.807) is 36.4 Å². The normalized spacial score (nSPS) is 10.2. The van der Waals surface area contributed by atoms with E-state index >= 15 is 0 Å². The summed E-state index contributed by atoms with van der Waals surface area (Å²) in [6.45, 7) is 0. The summed E-state index contributed by atoms with van der Waals surface area (Å²) < 4.78 is 5.16. The number of phenols is 1. The van der Waals surface area contributed by atoms with Crippen LogP contribution in [-0.4, -0.2) is 35.1 Å². The minimum Gasteiger partial charge on any atom is -0.507 e. The number of hydrogen-bond donors (Lipinski definition) is 4. The van der Waals surface area contributed by atoms with E-state index in [1.165, 1.54) is 37.4 Å². The molecule has 0 aliphatic heterocycles. The minimum atomic E-state index is -1.25. The molecule has 8 heteroatoms. The molecule has 0 radical (unpaired) electrons. The SMILES string of the molecule is COc1ccccc1C(=O)Nc1cc(NC(=O)c2ccccc2O)ccc1C(=O)O. The third-order valence-electron chi connectivity index (χ3n) is 4.26. The van der Waals surface area contributed by atoms with Gasteiger partial charge in [0.1, 0.15) is 11.5 Å².